The average Bonchev–Trinajstić information content (AvgIpc) is 3.06. The van der Waals surface area contributed by atoms with E-state index in [4.69, 9.17) is 4.74 Å². The van der Waals surface area contributed by atoms with Crippen LogP contribution in [0.15, 0.2) is 48.5 Å². The summed E-state index contributed by atoms with van der Waals surface area (Å²) in [6.45, 7) is 7.70. The van der Waals surface area contributed by atoms with Gasteiger partial charge in [0.15, 0.2) is 11.6 Å². The number of hydrogen-bond acceptors (Lipinski definition) is 4. The van der Waals surface area contributed by atoms with Gasteiger partial charge in [0.1, 0.15) is 5.82 Å². The van der Waals surface area contributed by atoms with E-state index in [1.54, 1.807) is 4.68 Å². The van der Waals surface area contributed by atoms with Crippen LogP contribution >= 0.6 is 0 Å². The number of aliphatic hydroxyl groups excluding tert-OH is 1. The van der Waals surface area contributed by atoms with Crippen LogP contribution in [-0.2, 0) is 6.54 Å². The third-order valence-electron chi connectivity index (χ3n) is 5.10. The van der Waals surface area contributed by atoms with E-state index in [-0.39, 0.29) is 5.75 Å². The zero-order valence-corrected chi connectivity index (χ0v) is 18.2. The van der Waals surface area contributed by atoms with Crippen molar-refractivity contribution >= 4 is 0 Å². The molecule has 0 aliphatic heterocycles. The fraction of sp³-hybridized carbons (Fsp3) is 0.375. The normalized spacial score (nSPS) is 12.4. The standard InChI is InChI=1S/C24H29F2N3O2/c1-4-13-28(15-20(30)5-2)16-21-17(3)27-29(19-9-7-6-8-10-19)24(21)31-23-12-11-18(25)14-22(23)26/h6-12,14,20,30H,4-5,13,15-16H2,1-3H3/t20-/m1/s1. The van der Waals surface area contributed by atoms with Crippen LogP contribution in [0.5, 0.6) is 11.6 Å². The van der Waals surface area contributed by atoms with Crippen LogP contribution < -0.4 is 4.74 Å². The molecule has 0 aliphatic rings. The molecule has 0 saturated carbocycles. The molecule has 0 bridgehead atoms. The lowest BCUT2D eigenvalue weighted by atomic mass is 10.2. The molecule has 1 aromatic heterocycles. The molecule has 7 heteroatoms. The second kappa shape index (κ2) is 10.5. The first-order valence-corrected chi connectivity index (χ1v) is 10.6. The highest BCUT2D eigenvalue weighted by atomic mass is 19.1. The summed E-state index contributed by atoms with van der Waals surface area (Å²) in [5.41, 5.74) is 2.31. The number of rotatable bonds is 10. The van der Waals surface area contributed by atoms with Crippen molar-refractivity contribution in [1.29, 1.82) is 0 Å². The van der Waals surface area contributed by atoms with Crippen LogP contribution in [0, 0.1) is 18.6 Å². The third kappa shape index (κ3) is 5.68. The number of aliphatic hydroxyl groups is 1. The Labute approximate surface area is 181 Å². The van der Waals surface area contributed by atoms with Crippen LogP contribution in [-0.4, -0.2) is 39.0 Å². The highest BCUT2D eigenvalue weighted by molar-refractivity contribution is 5.43. The van der Waals surface area contributed by atoms with Crippen molar-refractivity contribution in [2.75, 3.05) is 13.1 Å². The molecule has 2 aromatic carbocycles. The predicted molar refractivity (Wildman–Crippen MR) is 117 cm³/mol. The van der Waals surface area contributed by atoms with E-state index in [0.717, 1.165) is 42.0 Å². The van der Waals surface area contributed by atoms with E-state index in [2.05, 4.69) is 16.9 Å². The summed E-state index contributed by atoms with van der Waals surface area (Å²) in [6.07, 6.45) is 1.15. The first-order valence-electron chi connectivity index (χ1n) is 10.6. The second-order valence-corrected chi connectivity index (χ2v) is 7.59. The number of benzene rings is 2. The van der Waals surface area contributed by atoms with Crippen molar-refractivity contribution < 1.29 is 18.6 Å². The van der Waals surface area contributed by atoms with E-state index in [1.807, 2.05) is 44.2 Å². The quantitative estimate of drug-likeness (QED) is 0.479. The largest absolute Gasteiger partial charge is 0.435 e. The van der Waals surface area contributed by atoms with Gasteiger partial charge < -0.3 is 9.84 Å². The molecule has 0 spiro atoms. The highest BCUT2D eigenvalue weighted by Crippen LogP contribution is 2.33. The average molecular weight is 430 g/mol. The van der Waals surface area contributed by atoms with Crippen molar-refractivity contribution in [2.45, 2.75) is 46.3 Å². The molecule has 3 aromatic rings. The minimum absolute atomic E-state index is 0.0737. The summed E-state index contributed by atoms with van der Waals surface area (Å²) >= 11 is 0. The molecule has 1 N–H and O–H groups in total. The first kappa shape index (κ1) is 22.9. The van der Waals surface area contributed by atoms with Gasteiger partial charge in [0.05, 0.1) is 23.0 Å². The molecule has 1 heterocycles. The molecule has 0 saturated heterocycles. The topological polar surface area (TPSA) is 50.5 Å². The summed E-state index contributed by atoms with van der Waals surface area (Å²) in [7, 11) is 0. The van der Waals surface area contributed by atoms with Crippen molar-refractivity contribution in [3.8, 4) is 17.3 Å². The predicted octanol–water partition coefficient (Wildman–Crippen LogP) is 5.23. The monoisotopic (exact) mass is 429 g/mol. The summed E-state index contributed by atoms with van der Waals surface area (Å²) in [5.74, 6) is -1.15. The van der Waals surface area contributed by atoms with E-state index in [0.29, 0.717) is 25.4 Å². The number of nitrogens with zero attached hydrogens (tertiary/aromatic N) is 3. The Morgan fingerprint density at radius 1 is 1.13 bits per heavy atom. The van der Waals surface area contributed by atoms with Crippen molar-refractivity contribution in [2.24, 2.45) is 0 Å². The van der Waals surface area contributed by atoms with Gasteiger partial charge in [-0.25, -0.2) is 13.5 Å². The minimum atomic E-state index is -0.781. The molecule has 5 nitrogen and oxygen atoms in total. The lowest BCUT2D eigenvalue weighted by Gasteiger charge is -2.24. The number of halogens is 2. The summed E-state index contributed by atoms with van der Waals surface area (Å²) in [4.78, 5) is 2.14. The van der Waals surface area contributed by atoms with Gasteiger partial charge in [-0.15, -0.1) is 0 Å². The lowest BCUT2D eigenvalue weighted by Crippen LogP contribution is -2.32. The minimum Gasteiger partial charge on any atom is -0.435 e. The van der Waals surface area contributed by atoms with Gasteiger partial charge in [-0.05, 0) is 50.6 Å². The van der Waals surface area contributed by atoms with Gasteiger partial charge >= 0.3 is 0 Å². The molecule has 1 atom stereocenters. The number of hydrogen-bond donors (Lipinski definition) is 1. The van der Waals surface area contributed by atoms with Gasteiger partial charge in [-0.2, -0.15) is 5.10 Å². The van der Waals surface area contributed by atoms with Crippen LogP contribution in [0.4, 0.5) is 8.78 Å². The number of para-hydroxylation sites is 1. The maximum absolute atomic E-state index is 14.4. The Morgan fingerprint density at radius 3 is 2.52 bits per heavy atom. The summed E-state index contributed by atoms with van der Waals surface area (Å²) in [5, 5.41) is 14.8. The number of aryl methyl sites for hydroxylation is 1. The van der Waals surface area contributed by atoms with Gasteiger partial charge in [0.25, 0.3) is 0 Å². The molecular formula is C24H29F2N3O2. The Hall–Kier alpha value is -2.77. The van der Waals surface area contributed by atoms with E-state index < -0.39 is 17.7 Å². The molecule has 3 rings (SSSR count). The fourth-order valence-electron chi connectivity index (χ4n) is 3.43. The first-order chi connectivity index (χ1) is 14.9. The maximum Gasteiger partial charge on any atom is 0.227 e. The van der Waals surface area contributed by atoms with Gasteiger partial charge in [-0.3, -0.25) is 4.90 Å². The van der Waals surface area contributed by atoms with Crippen molar-refractivity contribution in [3.05, 3.63) is 71.4 Å². The van der Waals surface area contributed by atoms with E-state index in [9.17, 15) is 13.9 Å². The Bertz CT molecular complexity index is 992. The lowest BCUT2D eigenvalue weighted by molar-refractivity contribution is 0.105. The zero-order valence-electron chi connectivity index (χ0n) is 18.2. The van der Waals surface area contributed by atoms with Crippen LogP contribution in [0.3, 0.4) is 0 Å². The van der Waals surface area contributed by atoms with Gasteiger partial charge in [-0.1, -0.05) is 32.0 Å². The number of aromatic nitrogens is 2. The van der Waals surface area contributed by atoms with Crippen molar-refractivity contribution in [3.63, 3.8) is 0 Å². The molecule has 0 fully saturated rings. The molecule has 0 unspecified atom stereocenters. The third-order valence-corrected chi connectivity index (χ3v) is 5.10. The zero-order chi connectivity index (χ0) is 22.4. The summed E-state index contributed by atoms with van der Waals surface area (Å²) in [6, 6.07) is 12.7. The highest BCUT2D eigenvalue weighted by Gasteiger charge is 2.23. The van der Waals surface area contributed by atoms with Crippen molar-refractivity contribution in [1.82, 2.24) is 14.7 Å². The molecule has 166 valence electrons. The van der Waals surface area contributed by atoms with Gasteiger partial charge in [0.2, 0.25) is 5.88 Å². The smallest absolute Gasteiger partial charge is 0.227 e. The van der Waals surface area contributed by atoms with E-state index >= 15 is 0 Å². The Balaban J connectivity index is 2.04. The Morgan fingerprint density at radius 2 is 1.87 bits per heavy atom. The fourth-order valence-corrected chi connectivity index (χ4v) is 3.43. The van der Waals surface area contributed by atoms with Crippen LogP contribution in [0.2, 0.25) is 0 Å². The number of ether oxygens (including phenoxy) is 1. The molecule has 0 radical (unpaired) electrons. The maximum atomic E-state index is 14.4. The molecule has 31 heavy (non-hydrogen) atoms. The Kier molecular flexibility index (Phi) is 7.76. The molecular weight excluding hydrogens is 400 g/mol. The molecule has 0 amide bonds. The molecule has 0 aliphatic carbocycles. The summed E-state index contributed by atoms with van der Waals surface area (Å²) < 4.78 is 35.4. The van der Waals surface area contributed by atoms with E-state index in [1.165, 1.54) is 6.07 Å². The second-order valence-electron chi connectivity index (χ2n) is 7.59. The van der Waals surface area contributed by atoms with Crippen LogP contribution in [0.1, 0.15) is 37.9 Å². The van der Waals surface area contributed by atoms with Crippen LogP contribution in [0.25, 0.3) is 5.69 Å². The SMILES string of the molecule is CCCN(Cc1c(C)nn(-c2ccccc2)c1Oc1ccc(F)cc1F)C[C@H](O)CC. The van der Waals surface area contributed by atoms with Gasteiger partial charge in [0, 0.05) is 19.2 Å².